The molecule has 0 saturated carbocycles. The summed E-state index contributed by atoms with van der Waals surface area (Å²) >= 11 is 0. The number of rotatable bonds is 7. The minimum absolute atomic E-state index is 0. The summed E-state index contributed by atoms with van der Waals surface area (Å²) in [7, 11) is 0. The maximum absolute atomic E-state index is 10.3. The Hall–Kier alpha value is -1.84. The average molecular weight is 368 g/mol. The largest absolute Gasteiger partial charge is 0.481 e. The fourth-order valence-electron chi connectivity index (χ4n) is 1.12. The van der Waals surface area contributed by atoms with Crippen molar-refractivity contribution in [2.24, 2.45) is 11.5 Å². The van der Waals surface area contributed by atoms with Gasteiger partial charge in [0, 0.05) is 38.5 Å². The van der Waals surface area contributed by atoms with E-state index < -0.39 is 30.0 Å². The number of carboxylic acid groups (broad SMARTS) is 3. The fourth-order valence-corrected chi connectivity index (χ4v) is 1.12. The van der Waals surface area contributed by atoms with Gasteiger partial charge in [0.25, 0.3) is 0 Å². The van der Waals surface area contributed by atoms with Gasteiger partial charge in [-0.25, -0.2) is 4.98 Å². The van der Waals surface area contributed by atoms with Crippen LogP contribution in [0.25, 0.3) is 0 Å². The number of carbonyl (C=O) groups is 3. The van der Waals surface area contributed by atoms with Crippen LogP contribution in [0.1, 0.15) is 18.5 Å². The van der Waals surface area contributed by atoms with Crippen molar-refractivity contribution < 1.29 is 49.2 Å². The third kappa shape index (κ3) is 10.9. The van der Waals surface area contributed by atoms with Gasteiger partial charge in [-0.3, -0.25) is 14.4 Å². The molecule has 2 unspecified atom stereocenters. The van der Waals surface area contributed by atoms with Crippen molar-refractivity contribution in [3.8, 4) is 0 Å². The Kier molecular flexibility index (Phi) is 12.0. The van der Waals surface area contributed by atoms with Crippen LogP contribution in [0.15, 0.2) is 12.5 Å². The molecule has 11 heteroatoms. The van der Waals surface area contributed by atoms with Crippen LogP contribution in [0.2, 0.25) is 0 Å². The van der Waals surface area contributed by atoms with Gasteiger partial charge in [-0.2, -0.15) is 0 Å². The molecule has 1 heterocycles. The molecule has 1 rings (SSSR count). The monoisotopic (exact) mass is 366 g/mol. The van der Waals surface area contributed by atoms with Gasteiger partial charge < -0.3 is 31.8 Å². The molecule has 0 amide bonds. The number of hydrogen-bond acceptors (Lipinski definition) is 6. The van der Waals surface area contributed by atoms with Gasteiger partial charge in [-0.1, -0.05) is 0 Å². The zero-order chi connectivity index (χ0) is 16.4. The Bertz CT molecular complexity index is 467. The van der Waals surface area contributed by atoms with Crippen LogP contribution >= 0.6 is 0 Å². The van der Waals surface area contributed by atoms with Crippen molar-refractivity contribution in [1.82, 2.24) is 9.97 Å². The molecule has 120 valence electrons. The van der Waals surface area contributed by atoms with E-state index in [0.717, 1.165) is 0 Å². The topological polar surface area (TPSA) is 193 Å². The number of carboxylic acids is 3. The van der Waals surface area contributed by atoms with Crippen LogP contribution in [0.4, 0.5) is 0 Å². The van der Waals surface area contributed by atoms with E-state index in [2.05, 4.69) is 9.97 Å². The van der Waals surface area contributed by atoms with Crippen LogP contribution in [0.5, 0.6) is 0 Å². The molecule has 0 radical (unpaired) electrons. The molecule has 0 aliphatic carbocycles. The van der Waals surface area contributed by atoms with Crippen molar-refractivity contribution in [3.05, 3.63) is 18.2 Å². The standard InChI is InChI=1S/C6H9N3O2.C5H9NO4.Zn/c7-5(6(10)11)1-4-2-8-3-9-4;6-3(5(9)10)1-2-4(7)8;/h2-3,5H,1,7H2,(H,8,9)(H,10,11);3H,1-2,6H2,(H,7,8)(H,9,10);. The second-order valence-corrected chi connectivity index (χ2v) is 4.09. The number of nitrogens with zero attached hydrogens (tertiary/aromatic N) is 1. The van der Waals surface area contributed by atoms with Crippen LogP contribution in [0, 0.1) is 0 Å². The molecular weight excluding hydrogens is 350 g/mol. The first-order valence-electron chi connectivity index (χ1n) is 5.90. The fraction of sp³-hybridized carbons (Fsp3) is 0.455. The summed E-state index contributed by atoms with van der Waals surface area (Å²) < 4.78 is 0. The predicted molar refractivity (Wildman–Crippen MR) is 70.4 cm³/mol. The number of imidazole rings is 1. The number of aliphatic carboxylic acids is 3. The second-order valence-electron chi connectivity index (χ2n) is 4.09. The molecule has 8 N–H and O–H groups in total. The van der Waals surface area contributed by atoms with E-state index in [1.54, 1.807) is 6.20 Å². The van der Waals surface area contributed by atoms with Crippen molar-refractivity contribution in [2.75, 3.05) is 0 Å². The van der Waals surface area contributed by atoms with Crippen molar-refractivity contribution in [3.63, 3.8) is 0 Å². The summed E-state index contributed by atoms with van der Waals surface area (Å²) in [5.41, 5.74) is 10.9. The summed E-state index contributed by atoms with van der Waals surface area (Å²) in [4.78, 5) is 36.7. The summed E-state index contributed by atoms with van der Waals surface area (Å²) in [5.74, 6) is -3.20. The molecular formula is C11H18N4O6Zn. The van der Waals surface area contributed by atoms with E-state index in [0.29, 0.717) is 5.69 Å². The third-order valence-electron chi connectivity index (χ3n) is 2.29. The number of nitrogens with two attached hydrogens (primary N) is 2. The summed E-state index contributed by atoms with van der Waals surface area (Å²) in [5, 5.41) is 24.7. The SMILES string of the molecule is NC(CCC(=O)O)C(=O)O.NC(Cc1c[nH]cn1)C(=O)O.[Zn]. The van der Waals surface area contributed by atoms with Crippen LogP contribution < -0.4 is 11.5 Å². The Morgan fingerprint density at radius 3 is 2.05 bits per heavy atom. The van der Waals surface area contributed by atoms with E-state index in [1.807, 2.05) is 0 Å². The maximum Gasteiger partial charge on any atom is 0.320 e. The molecule has 1 aromatic heterocycles. The van der Waals surface area contributed by atoms with Crippen molar-refractivity contribution in [1.29, 1.82) is 0 Å². The average Bonchev–Trinajstić information content (AvgIpc) is 2.89. The number of aromatic nitrogens is 2. The van der Waals surface area contributed by atoms with E-state index in [1.165, 1.54) is 6.33 Å². The normalized spacial score (nSPS) is 12.1. The zero-order valence-electron chi connectivity index (χ0n) is 11.8. The van der Waals surface area contributed by atoms with Gasteiger partial charge >= 0.3 is 17.9 Å². The van der Waals surface area contributed by atoms with Crippen LogP contribution in [0.3, 0.4) is 0 Å². The predicted octanol–water partition coefficient (Wildman–Crippen LogP) is -1.38. The quantitative estimate of drug-likeness (QED) is 0.315. The van der Waals surface area contributed by atoms with Crippen molar-refractivity contribution >= 4 is 17.9 Å². The number of H-pyrrole nitrogens is 1. The first-order valence-corrected chi connectivity index (χ1v) is 5.90. The minimum atomic E-state index is -1.17. The molecule has 0 bridgehead atoms. The molecule has 10 nitrogen and oxygen atoms in total. The molecule has 1 aromatic rings. The van der Waals surface area contributed by atoms with E-state index in [4.69, 9.17) is 26.8 Å². The summed E-state index contributed by atoms with van der Waals surface area (Å²) in [6, 6.07) is -1.92. The zero-order valence-corrected chi connectivity index (χ0v) is 14.8. The smallest absolute Gasteiger partial charge is 0.320 e. The molecule has 0 aliphatic heterocycles. The first kappa shape index (κ1) is 22.4. The molecule has 2 atom stereocenters. The molecule has 0 aliphatic rings. The minimum Gasteiger partial charge on any atom is -0.481 e. The van der Waals surface area contributed by atoms with Crippen LogP contribution in [-0.2, 0) is 40.3 Å². The molecule has 0 saturated heterocycles. The number of aromatic amines is 1. The Labute approximate surface area is 138 Å². The second kappa shape index (κ2) is 11.8. The van der Waals surface area contributed by atoms with Crippen molar-refractivity contribution in [2.45, 2.75) is 31.3 Å². The maximum atomic E-state index is 10.3. The van der Waals surface area contributed by atoms with Gasteiger partial charge in [0.05, 0.1) is 12.0 Å². The molecule has 0 fully saturated rings. The summed E-state index contributed by atoms with van der Waals surface area (Å²) in [6.07, 6.45) is 3.16. The Morgan fingerprint density at radius 1 is 1.14 bits per heavy atom. The van der Waals surface area contributed by atoms with Gasteiger partial charge in [-0.15, -0.1) is 0 Å². The molecule has 0 spiro atoms. The van der Waals surface area contributed by atoms with Gasteiger partial charge in [0.2, 0.25) is 0 Å². The summed E-state index contributed by atoms with van der Waals surface area (Å²) in [6.45, 7) is 0. The van der Waals surface area contributed by atoms with E-state index in [9.17, 15) is 14.4 Å². The van der Waals surface area contributed by atoms with Gasteiger partial charge in [0.15, 0.2) is 0 Å². The Morgan fingerprint density at radius 2 is 1.68 bits per heavy atom. The Balaban J connectivity index is 0. The van der Waals surface area contributed by atoms with Gasteiger partial charge in [0.1, 0.15) is 12.1 Å². The van der Waals surface area contributed by atoms with E-state index >= 15 is 0 Å². The first-order chi connectivity index (χ1) is 9.73. The number of hydrogen-bond donors (Lipinski definition) is 6. The number of nitrogens with one attached hydrogen (secondary N) is 1. The third-order valence-corrected chi connectivity index (χ3v) is 2.29. The van der Waals surface area contributed by atoms with Gasteiger partial charge in [-0.05, 0) is 6.42 Å². The van der Waals surface area contributed by atoms with Crippen LogP contribution in [-0.4, -0.2) is 55.3 Å². The van der Waals surface area contributed by atoms with E-state index in [-0.39, 0.29) is 38.7 Å². The molecule has 22 heavy (non-hydrogen) atoms. The molecule has 0 aromatic carbocycles.